The highest BCUT2D eigenvalue weighted by atomic mass is 32.1. The standard InChI is InChI=1S/C24H25FN2OS/c1-17-22(29-23(27-17)18-6-5-15-26-16-18)21(28)11-14-24(12-3-2-4-13-24)19-7-9-20(25)10-8-19/h5-10,15-16H,2-4,11-14H2,1H3. The number of aryl methyl sites for hydroxylation is 1. The lowest BCUT2D eigenvalue weighted by atomic mass is 9.66. The van der Waals surface area contributed by atoms with Crippen molar-refractivity contribution in [3.05, 3.63) is 70.7 Å². The van der Waals surface area contributed by atoms with Crippen molar-refractivity contribution in [2.45, 2.75) is 57.3 Å². The van der Waals surface area contributed by atoms with Gasteiger partial charge in [-0.1, -0.05) is 31.4 Å². The summed E-state index contributed by atoms with van der Waals surface area (Å²) in [5.74, 6) is -0.0544. The number of hydrogen-bond acceptors (Lipinski definition) is 4. The minimum Gasteiger partial charge on any atom is -0.293 e. The number of carbonyl (C=O) groups is 1. The number of Topliss-reactive ketones (excluding diaryl/α,β-unsaturated/α-hetero) is 1. The molecule has 0 atom stereocenters. The molecule has 150 valence electrons. The van der Waals surface area contributed by atoms with Gasteiger partial charge in [-0.3, -0.25) is 9.78 Å². The molecule has 2 heterocycles. The Morgan fingerprint density at radius 2 is 1.90 bits per heavy atom. The molecule has 1 aromatic carbocycles. The van der Waals surface area contributed by atoms with E-state index in [1.54, 1.807) is 24.5 Å². The Bertz CT molecular complexity index is 976. The van der Waals surface area contributed by atoms with Gasteiger partial charge in [-0.2, -0.15) is 0 Å². The van der Waals surface area contributed by atoms with Gasteiger partial charge in [0.05, 0.1) is 10.6 Å². The van der Waals surface area contributed by atoms with Crippen molar-refractivity contribution in [3.63, 3.8) is 0 Å². The molecule has 0 amide bonds. The molecule has 0 saturated heterocycles. The van der Waals surface area contributed by atoms with E-state index in [0.717, 1.165) is 53.2 Å². The van der Waals surface area contributed by atoms with Gasteiger partial charge in [0.2, 0.25) is 0 Å². The van der Waals surface area contributed by atoms with E-state index < -0.39 is 0 Å². The van der Waals surface area contributed by atoms with Gasteiger partial charge in [-0.25, -0.2) is 9.37 Å². The van der Waals surface area contributed by atoms with Crippen LogP contribution in [-0.2, 0) is 5.41 Å². The zero-order valence-corrected chi connectivity index (χ0v) is 17.5. The summed E-state index contributed by atoms with van der Waals surface area (Å²) in [6.07, 6.45) is 10.5. The number of ketones is 1. The second-order valence-corrected chi connectivity index (χ2v) is 8.95. The van der Waals surface area contributed by atoms with Crippen molar-refractivity contribution in [3.8, 4) is 10.6 Å². The highest BCUT2D eigenvalue weighted by Crippen LogP contribution is 2.43. The Kier molecular flexibility index (Phi) is 5.86. The van der Waals surface area contributed by atoms with E-state index in [9.17, 15) is 9.18 Å². The summed E-state index contributed by atoms with van der Waals surface area (Å²) in [6.45, 7) is 1.90. The Labute approximate surface area is 175 Å². The maximum atomic E-state index is 13.4. The monoisotopic (exact) mass is 408 g/mol. The minimum atomic E-state index is -0.209. The number of aromatic nitrogens is 2. The third-order valence-electron chi connectivity index (χ3n) is 6.06. The Morgan fingerprint density at radius 3 is 2.59 bits per heavy atom. The molecule has 3 nitrogen and oxygen atoms in total. The predicted molar refractivity (Wildman–Crippen MR) is 115 cm³/mol. The van der Waals surface area contributed by atoms with Crippen LogP contribution < -0.4 is 0 Å². The molecule has 1 fully saturated rings. The van der Waals surface area contributed by atoms with Gasteiger partial charge in [0.25, 0.3) is 0 Å². The number of nitrogens with zero attached hydrogens (tertiary/aromatic N) is 2. The smallest absolute Gasteiger partial charge is 0.174 e. The maximum Gasteiger partial charge on any atom is 0.174 e. The largest absolute Gasteiger partial charge is 0.293 e. The highest BCUT2D eigenvalue weighted by molar-refractivity contribution is 7.17. The van der Waals surface area contributed by atoms with Crippen LogP contribution in [0.25, 0.3) is 10.6 Å². The molecule has 0 bridgehead atoms. The third-order valence-corrected chi connectivity index (χ3v) is 7.30. The van der Waals surface area contributed by atoms with E-state index in [1.165, 1.54) is 23.3 Å². The van der Waals surface area contributed by atoms with Gasteiger partial charge in [0.1, 0.15) is 10.8 Å². The minimum absolute atomic E-state index is 0.0214. The van der Waals surface area contributed by atoms with Crippen LogP contribution in [0.15, 0.2) is 48.8 Å². The topological polar surface area (TPSA) is 42.9 Å². The third kappa shape index (κ3) is 4.30. The molecule has 1 aliphatic carbocycles. The molecule has 1 aliphatic rings. The average Bonchev–Trinajstić information content (AvgIpc) is 3.15. The fourth-order valence-corrected chi connectivity index (χ4v) is 5.47. The van der Waals surface area contributed by atoms with Gasteiger partial charge in [0.15, 0.2) is 5.78 Å². The Balaban J connectivity index is 1.53. The average molecular weight is 409 g/mol. The molecule has 0 radical (unpaired) electrons. The second-order valence-electron chi connectivity index (χ2n) is 7.95. The molecule has 5 heteroatoms. The molecule has 0 aliphatic heterocycles. The van der Waals surface area contributed by atoms with Crippen molar-refractivity contribution in [2.24, 2.45) is 0 Å². The highest BCUT2D eigenvalue weighted by Gasteiger charge is 2.34. The van der Waals surface area contributed by atoms with Gasteiger partial charge >= 0.3 is 0 Å². The quantitative estimate of drug-likeness (QED) is 0.436. The zero-order chi connectivity index (χ0) is 20.3. The number of thiazole rings is 1. The van der Waals surface area contributed by atoms with Gasteiger partial charge in [-0.05, 0) is 61.4 Å². The number of pyridine rings is 1. The molecule has 2 aromatic heterocycles. The molecule has 0 spiro atoms. The van der Waals surface area contributed by atoms with Crippen LogP contribution >= 0.6 is 11.3 Å². The van der Waals surface area contributed by atoms with Crippen molar-refractivity contribution in [1.82, 2.24) is 9.97 Å². The number of carbonyl (C=O) groups excluding carboxylic acids is 1. The van der Waals surface area contributed by atoms with Crippen molar-refractivity contribution in [1.29, 1.82) is 0 Å². The van der Waals surface area contributed by atoms with Crippen LogP contribution in [0, 0.1) is 12.7 Å². The second kappa shape index (κ2) is 8.54. The predicted octanol–water partition coefficient (Wildman–Crippen LogP) is 6.52. The van der Waals surface area contributed by atoms with E-state index in [2.05, 4.69) is 9.97 Å². The fraction of sp³-hybridized carbons (Fsp3) is 0.375. The normalized spacial score (nSPS) is 15.9. The van der Waals surface area contributed by atoms with Crippen molar-refractivity contribution in [2.75, 3.05) is 0 Å². The van der Waals surface area contributed by atoms with Gasteiger partial charge < -0.3 is 0 Å². The molecule has 3 aromatic rings. The fourth-order valence-electron chi connectivity index (χ4n) is 4.45. The van der Waals surface area contributed by atoms with E-state index >= 15 is 0 Å². The van der Waals surface area contributed by atoms with Crippen LogP contribution in [-0.4, -0.2) is 15.8 Å². The Morgan fingerprint density at radius 1 is 1.14 bits per heavy atom. The van der Waals surface area contributed by atoms with E-state index in [4.69, 9.17) is 0 Å². The molecular formula is C24H25FN2OS. The Hall–Kier alpha value is -2.40. The van der Waals surface area contributed by atoms with Gasteiger partial charge in [0, 0.05) is 24.4 Å². The van der Waals surface area contributed by atoms with Crippen LogP contribution in [0.4, 0.5) is 4.39 Å². The summed E-state index contributed by atoms with van der Waals surface area (Å²) >= 11 is 1.45. The number of hydrogen-bond donors (Lipinski definition) is 0. The molecule has 0 N–H and O–H groups in total. The lowest BCUT2D eigenvalue weighted by Gasteiger charge is -2.38. The summed E-state index contributed by atoms with van der Waals surface area (Å²) < 4.78 is 13.4. The van der Waals surface area contributed by atoms with Crippen molar-refractivity contribution >= 4 is 17.1 Å². The number of benzene rings is 1. The van der Waals surface area contributed by atoms with E-state index in [1.807, 2.05) is 31.2 Å². The van der Waals surface area contributed by atoms with Crippen LogP contribution in [0.5, 0.6) is 0 Å². The number of halogens is 1. The first-order valence-electron chi connectivity index (χ1n) is 10.2. The SMILES string of the molecule is Cc1nc(-c2cccnc2)sc1C(=O)CCC1(c2ccc(F)cc2)CCCCC1. The summed E-state index contributed by atoms with van der Waals surface area (Å²) in [5, 5.41) is 0.838. The van der Waals surface area contributed by atoms with Crippen LogP contribution in [0.1, 0.15) is 65.9 Å². The van der Waals surface area contributed by atoms with E-state index in [0.29, 0.717) is 6.42 Å². The van der Waals surface area contributed by atoms with E-state index in [-0.39, 0.29) is 17.0 Å². The van der Waals surface area contributed by atoms with Gasteiger partial charge in [-0.15, -0.1) is 11.3 Å². The lowest BCUT2D eigenvalue weighted by Crippen LogP contribution is -2.30. The first-order chi connectivity index (χ1) is 14.1. The summed E-state index contributed by atoms with van der Waals surface area (Å²) in [7, 11) is 0. The zero-order valence-electron chi connectivity index (χ0n) is 16.7. The molecule has 1 saturated carbocycles. The number of rotatable bonds is 6. The molecule has 4 rings (SSSR count). The molecular weight excluding hydrogens is 383 g/mol. The molecule has 0 unspecified atom stereocenters. The van der Waals surface area contributed by atoms with Crippen LogP contribution in [0.3, 0.4) is 0 Å². The summed E-state index contributed by atoms with van der Waals surface area (Å²) in [6, 6.07) is 10.7. The first kappa shape index (κ1) is 19.9. The maximum absolute atomic E-state index is 13.4. The van der Waals surface area contributed by atoms with Crippen molar-refractivity contribution < 1.29 is 9.18 Å². The first-order valence-corrected chi connectivity index (χ1v) is 11.1. The summed E-state index contributed by atoms with van der Waals surface area (Å²) in [4.78, 5) is 22.6. The lowest BCUT2D eigenvalue weighted by molar-refractivity contribution is 0.0966. The molecule has 29 heavy (non-hydrogen) atoms. The van der Waals surface area contributed by atoms with Crippen LogP contribution in [0.2, 0.25) is 0 Å². The summed E-state index contributed by atoms with van der Waals surface area (Å²) in [5.41, 5.74) is 2.88.